The Morgan fingerprint density at radius 3 is 2.47 bits per heavy atom. The molecule has 2 rings (SSSR count). The van der Waals surface area contributed by atoms with Gasteiger partial charge in [-0.15, -0.1) is 0 Å². The summed E-state index contributed by atoms with van der Waals surface area (Å²) in [7, 11) is 0. The molecule has 3 heteroatoms. The molecular weight excluding hydrogens is 238 g/mol. The van der Waals surface area contributed by atoms with Crippen LogP contribution in [0.1, 0.15) is 24.2 Å². The van der Waals surface area contributed by atoms with Gasteiger partial charge in [0, 0.05) is 6.54 Å². The van der Waals surface area contributed by atoms with Gasteiger partial charge in [0.1, 0.15) is 5.75 Å². The molecule has 3 nitrogen and oxygen atoms in total. The highest BCUT2D eigenvalue weighted by Gasteiger charge is 2.11. The first kappa shape index (κ1) is 13.1. The van der Waals surface area contributed by atoms with Crippen LogP contribution in [-0.2, 0) is 0 Å². The molecule has 0 spiro atoms. The standard InChI is InChI=1S/C16H17NO2/c1-11(2)7-8-17-16(19)14-9-12-5-3-4-6-13(12)10-15(14)18/h3-7,9-10,18H,8H2,1-2H3,(H,17,19). The van der Waals surface area contributed by atoms with Crippen LogP contribution < -0.4 is 5.32 Å². The van der Waals surface area contributed by atoms with E-state index in [4.69, 9.17) is 0 Å². The molecule has 0 bridgehead atoms. The first-order chi connectivity index (χ1) is 9.08. The molecule has 0 saturated carbocycles. The third-order valence-electron chi connectivity index (χ3n) is 2.88. The number of hydrogen-bond acceptors (Lipinski definition) is 2. The highest BCUT2D eigenvalue weighted by Crippen LogP contribution is 2.24. The van der Waals surface area contributed by atoms with E-state index in [0.29, 0.717) is 12.1 Å². The largest absolute Gasteiger partial charge is 0.507 e. The van der Waals surface area contributed by atoms with E-state index in [9.17, 15) is 9.90 Å². The first-order valence-electron chi connectivity index (χ1n) is 6.21. The zero-order chi connectivity index (χ0) is 13.8. The minimum atomic E-state index is -0.263. The van der Waals surface area contributed by atoms with Gasteiger partial charge >= 0.3 is 0 Å². The molecule has 0 unspecified atom stereocenters. The summed E-state index contributed by atoms with van der Waals surface area (Å²) in [6.07, 6.45) is 1.93. The van der Waals surface area contributed by atoms with Crippen LogP contribution in [0.3, 0.4) is 0 Å². The van der Waals surface area contributed by atoms with Gasteiger partial charge in [0.25, 0.3) is 5.91 Å². The predicted octanol–water partition coefficient (Wildman–Crippen LogP) is 3.24. The maximum absolute atomic E-state index is 12.0. The highest BCUT2D eigenvalue weighted by atomic mass is 16.3. The number of rotatable bonds is 3. The van der Waals surface area contributed by atoms with E-state index in [1.54, 1.807) is 12.1 Å². The van der Waals surface area contributed by atoms with Gasteiger partial charge in [0.15, 0.2) is 0 Å². The lowest BCUT2D eigenvalue weighted by Gasteiger charge is -2.07. The van der Waals surface area contributed by atoms with E-state index in [0.717, 1.165) is 16.3 Å². The van der Waals surface area contributed by atoms with Crippen LogP contribution in [0.5, 0.6) is 5.75 Å². The SMILES string of the molecule is CC(C)=CCNC(=O)c1cc2ccccc2cc1O. The second-order valence-electron chi connectivity index (χ2n) is 4.71. The summed E-state index contributed by atoms with van der Waals surface area (Å²) in [6.45, 7) is 4.41. The molecular formula is C16H17NO2. The highest BCUT2D eigenvalue weighted by molar-refractivity contribution is 6.01. The number of fused-ring (bicyclic) bond motifs is 1. The van der Waals surface area contributed by atoms with Crippen molar-refractivity contribution in [2.24, 2.45) is 0 Å². The fourth-order valence-corrected chi connectivity index (χ4v) is 1.85. The normalized spacial score (nSPS) is 10.2. The van der Waals surface area contributed by atoms with Crippen LogP contribution in [-0.4, -0.2) is 17.6 Å². The maximum Gasteiger partial charge on any atom is 0.255 e. The molecule has 2 N–H and O–H groups in total. The number of allylic oxidation sites excluding steroid dienone is 1. The third kappa shape index (κ3) is 3.13. The number of carbonyl (C=O) groups is 1. The Morgan fingerprint density at radius 1 is 1.21 bits per heavy atom. The fourth-order valence-electron chi connectivity index (χ4n) is 1.85. The van der Waals surface area contributed by atoms with Gasteiger partial charge in [-0.05, 0) is 36.8 Å². The molecule has 1 amide bonds. The molecule has 0 saturated heterocycles. The average Bonchev–Trinajstić information content (AvgIpc) is 2.37. The lowest BCUT2D eigenvalue weighted by atomic mass is 10.1. The van der Waals surface area contributed by atoms with Crippen molar-refractivity contribution in [2.45, 2.75) is 13.8 Å². The minimum absolute atomic E-state index is 0.00778. The van der Waals surface area contributed by atoms with E-state index < -0.39 is 0 Å². The number of phenolic OH excluding ortho intramolecular Hbond substituents is 1. The Hall–Kier alpha value is -2.29. The van der Waals surface area contributed by atoms with E-state index in [2.05, 4.69) is 5.32 Å². The summed E-state index contributed by atoms with van der Waals surface area (Å²) >= 11 is 0. The van der Waals surface area contributed by atoms with Gasteiger partial charge in [-0.25, -0.2) is 0 Å². The third-order valence-corrected chi connectivity index (χ3v) is 2.88. The Labute approximate surface area is 112 Å². The molecule has 0 radical (unpaired) electrons. The Morgan fingerprint density at radius 2 is 1.84 bits per heavy atom. The van der Waals surface area contributed by atoms with Crippen LogP contribution >= 0.6 is 0 Å². The van der Waals surface area contributed by atoms with Crippen LogP contribution in [0.15, 0.2) is 48.0 Å². The van der Waals surface area contributed by atoms with Gasteiger partial charge in [0.2, 0.25) is 0 Å². The Balaban J connectivity index is 2.26. The van der Waals surface area contributed by atoms with Crippen molar-refractivity contribution in [3.63, 3.8) is 0 Å². The summed E-state index contributed by atoms with van der Waals surface area (Å²) < 4.78 is 0. The van der Waals surface area contributed by atoms with E-state index in [1.165, 1.54) is 0 Å². The molecule has 0 aliphatic carbocycles. The summed E-state index contributed by atoms with van der Waals surface area (Å²) in [6, 6.07) is 11.0. The van der Waals surface area contributed by atoms with Crippen molar-refractivity contribution in [3.8, 4) is 5.75 Å². The second-order valence-corrected chi connectivity index (χ2v) is 4.71. The summed E-state index contributed by atoms with van der Waals surface area (Å²) in [5.74, 6) is -0.255. The first-order valence-corrected chi connectivity index (χ1v) is 6.21. The van der Waals surface area contributed by atoms with Gasteiger partial charge in [0.05, 0.1) is 5.56 Å². The molecule has 0 aliphatic heterocycles. The van der Waals surface area contributed by atoms with Crippen molar-refractivity contribution in [1.29, 1.82) is 0 Å². The summed E-state index contributed by atoms with van der Waals surface area (Å²) in [5, 5.41) is 14.5. The van der Waals surface area contributed by atoms with Crippen molar-refractivity contribution in [2.75, 3.05) is 6.54 Å². The van der Waals surface area contributed by atoms with E-state index in [1.807, 2.05) is 44.2 Å². The van der Waals surface area contributed by atoms with E-state index in [-0.39, 0.29) is 11.7 Å². The minimum Gasteiger partial charge on any atom is -0.507 e. The number of hydrogen-bond donors (Lipinski definition) is 2. The van der Waals surface area contributed by atoms with Crippen LogP contribution in [0, 0.1) is 0 Å². The topological polar surface area (TPSA) is 49.3 Å². The smallest absolute Gasteiger partial charge is 0.255 e. The number of benzene rings is 2. The monoisotopic (exact) mass is 255 g/mol. The molecule has 0 fully saturated rings. The van der Waals surface area contributed by atoms with Crippen LogP contribution in [0.4, 0.5) is 0 Å². The Bertz CT molecular complexity index is 640. The lowest BCUT2D eigenvalue weighted by Crippen LogP contribution is -2.23. The second kappa shape index (κ2) is 5.57. The van der Waals surface area contributed by atoms with Gasteiger partial charge in [-0.3, -0.25) is 4.79 Å². The lowest BCUT2D eigenvalue weighted by molar-refractivity contribution is 0.0955. The molecule has 19 heavy (non-hydrogen) atoms. The molecule has 0 atom stereocenters. The summed E-state index contributed by atoms with van der Waals surface area (Å²) in [4.78, 5) is 12.0. The van der Waals surface area contributed by atoms with Gasteiger partial charge < -0.3 is 10.4 Å². The number of phenols is 1. The van der Waals surface area contributed by atoms with Gasteiger partial charge in [-0.2, -0.15) is 0 Å². The van der Waals surface area contributed by atoms with Crippen LogP contribution in [0.2, 0.25) is 0 Å². The van der Waals surface area contributed by atoms with E-state index >= 15 is 0 Å². The molecule has 0 heterocycles. The number of carbonyl (C=O) groups excluding carboxylic acids is 1. The molecule has 2 aromatic carbocycles. The Kier molecular flexibility index (Phi) is 3.85. The quantitative estimate of drug-likeness (QED) is 0.827. The van der Waals surface area contributed by atoms with Crippen LogP contribution in [0.25, 0.3) is 10.8 Å². The molecule has 0 aliphatic rings. The number of nitrogens with one attached hydrogen (secondary N) is 1. The zero-order valence-electron chi connectivity index (χ0n) is 11.1. The zero-order valence-corrected chi connectivity index (χ0v) is 11.1. The fraction of sp³-hybridized carbons (Fsp3) is 0.188. The van der Waals surface area contributed by atoms with Crippen molar-refractivity contribution in [3.05, 3.63) is 53.6 Å². The molecule has 2 aromatic rings. The van der Waals surface area contributed by atoms with Crippen molar-refractivity contribution < 1.29 is 9.90 Å². The number of aromatic hydroxyl groups is 1. The van der Waals surface area contributed by atoms with Gasteiger partial charge in [-0.1, -0.05) is 35.9 Å². The van der Waals surface area contributed by atoms with Crippen molar-refractivity contribution in [1.82, 2.24) is 5.32 Å². The predicted molar refractivity (Wildman–Crippen MR) is 77.4 cm³/mol. The molecule has 0 aromatic heterocycles. The number of amides is 1. The average molecular weight is 255 g/mol. The van der Waals surface area contributed by atoms with Crippen molar-refractivity contribution >= 4 is 16.7 Å². The summed E-state index contributed by atoms with van der Waals surface area (Å²) in [5.41, 5.74) is 1.45. The maximum atomic E-state index is 12.0. The molecule has 98 valence electrons.